The molecule has 88 valence electrons. The second-order valence-corrected chi connectivity index (χ2v) is 4.68. The molecule has 0 fully saturated rings. The zero-order valence-corrected chi connectivity index (χ0v) is 11.1. The van der Waals surface area contributed by atoms with Crippen LogP contribution in [0.4, 0.5) is 0 Å². The van der Waals surface area contributed by atoms with E-state index in [1.165, 1.54) is 17.5 Å². The summed E-state index contributed by atoms with van der Waals surface area (Å²) in [7, 11) is 2.14. The monoisotopic (exact) mass is 236 g/mol. The fourth-order valence-corrected chi connectivity index (χ4v) is 1.91. The van der Waals surface area contributed by atoms with Crippen molar-refractivity contribution in [2.45, 2.75) is 26.8 Å². The predicted molar refractivity (Wildman–Crippen MR) is 73.7 cm³/mol. The maximum Gasteiger partial charge on any atom is 0.103 e. The van der Waals surface area contributed by atoms with Crippen LogP contribution in [0.15, 0.2) is 18.2 Å². The topological polar surface area (TPSA) is 29.3 Å². The lowest BCUT2D eigenvalue weighted by Gasteiger charge is -2.17. The number of benzene rings is 1. The predicted octanol–water partition coefficient (Wildman–Crippen LogP) is 2.47. The highest BCUT2D eigenvalue weighted by Gasteiger charge is 2.04. The van der Waals surface area contributed by atoms with Crippen LogP contribution >= 0.6 is 12.2 Å². The van der Waals surface area contributed by atoms with Crippen molar-refractivity contribution in [2.24, 2.45) is 5.73 Å². The molecule has 0 unspecified atom stereocenters. The molecule has 1 rings (SSSR count). The lowest BCUT2D eigenvalue weighted by Crippen LogP contribution is -2.19. The molecule has 2 N–H and O–H groups in total. The molecule has 0 saturated heterocycles. The molecular formula is C13H20N2S. The zero-order valence-electron chi connectivity index (χ0n) is 10.3. The number of aryl methyl sites for hydroxylation is 1. The van der Waals surface area contributed by atoms with Gasteiger partial charge in [-0.15, -0.1) is 0 Å². The van der Waals surface area contributed by atoms with E-state index in [0.717, 1.165) is 18.7 Å². The van der Waals surface area contributed by atoms with E-state index in [-0.39, 0.29) is 0 Å². The Morgan fingerprint density at radius 1 is 1.44 bits per heavy atom. The van der Waals surface area contributed by atoms with Crippen molar-refractivity contribution in [3.05, 3.63) is 34.9 Å². The minimum atomic E-state index is 0.469. The summed E-state index contributed by atoms with van der Waals surface area (Å²) in [6, 6.07) is 6.19. The van der Waals surface area contributed by atoms with E-state index in [2.05, 4.69) is 37.9 Å². The van der Waals surface area contributed by atoms with Gasteiger partial charge < -0.3 is 10.6 Å². The summed E-state index contributed by atoms with van der Waals surface area (Å²) in [4.78, 5) is 2.79. The number of thiocarbonyl (C=S) groups is 1. The Kier molecular flexibility index (Phi) is 4.90. The first-order valence-electron chi connectivity index (χ1n) is 5.62. The Hall–Kier alpha value is -0.930. The van der Waals surface area contributed by atoms with E-state index in [9.17, 15) is 0 Å². The quantitative estimate of drug-likeness (QED) is 0.796. The Morgan fingerprint density at radius 3 is 2.62 bits per heavy atom. The fraction of sp³-hybridized carbons (Fsp3) is 0.462. The minimum Gasteiger partial charge on any atom is -0.389 e. The second kappa shape index (κ2) is 5.97. The van der Waals surface area contributed by atoms with E-state index in [4.69, 9.17) is 18.0 Å². The molecular weight excluding hydrogens is 216 g/mol. The van der Waals surface area contributed by atoms with Gasteiger partial charge in [0.25, 0.3) is 0 Å². The van der Waals surface area contributed by atoms with Gasteiger partial charge in [-0.2, -0.15) is 0 Å². The minimum absolute atomic E-state index is 0.469. The van der Waals surface area contributed by atoms with Gasteiger partial charge in [-0.3, -0.25) is 0 Å². The average molecular weight is 236 g/mol. The number of nitrogens with two attached hydrogens (primary N) is 1. The van der Waals surface area contributed by atoms with Crippen LogP contribution in [0, 0.1) is 6.92 Å². The molecule has 0 aromatic heterocycles. The molecule has 3 heteroatoms. The van der Waals surface area contributed by atoms with Gasteiger partial charge in [0.1, 0.15) is 4.99 Å². The number of hydrogen-bond acceptors (Lipinski definition) is 2. The van der Waals surface area contributed by atoms with E-state index < -0.39 is 0 Å². The molecule has 0 amide bonds. The highest BCUT2D eigenvalue weighted by molar-refractivity contribution is 7.80. The highest BCUT2D eigenvalue weighted by atomic mass is 32.1. The summed E-state index contributed by atoms with van der Waals surface area (Å²) in [5.74, 6) is 0. The van der Waals surface area contributed by atoms with Gasteiger partial charge in [0.2, 0.25) is 0 Å². The van der Waals surface area contributed by atoms with Crippen LogP contribution in [-0.4, -0.2) is 23.5 Å². The first kappa shape index (κ1) is 13.1. The second-order valence-electron chi connectivity index (χ2n) is 4.24. The molecule has 1 aromatic rings. The number of hydrogen-bond donors (Lipinski definition) is 1. The smallest absolute Gasteiger partial charge is 0.103 e. The van der Waals surface area contributed by atoms with Crippen molar-refractivity contribution in [3.8, 4) is 0 Å². The Labute approximate surface area is 103 Å². The fourth-order valence-electron chi connectivity index (χ4n) is 1.78. The Bertz CT molecular complexity index is 374. The molecule has 0 aliphatic carbocycles. The van der Waals surface area contributed by atoms with Crippen LogP contribution in [0.3, 0.4) is 0 Å². The average Bonchev–Trinajstić information content (AvgIpc) is 2.21. The van der Waals surface area contributed by atoms with Crippen molar-refractivity contribution >= 4 is 17.2 Å². The van der Waals surface area contributed by atoms with Gasteiger partial charge >= 0.3 is 0 Å². The summed E-state index contributed by atoms with van der Waals surface area (Å²) in [5, 5.41) is 0. The van der Waals surface area contributed by atoms with Gasteiger partial charge in [0.05, 0.1) is 0 Å². The molecule has 1 aromatic carbocycles. The summed E-state index contributed by atoms with van der Waals surface area (Å²) in [6.45, 7) is 6.41. The third-order valence-corrected chi connectivity index (χ3v) is 2.91. The van der Waals surface area contributed by atoms with Crippen LogP contribution in [0.2, 0.25) is 0 Å². The molecule has 0 heterocycles. The van der Waals surface area contributed by atoms with Crippen molar-refractivity contribution < 1.29 is 0 Å². The normalized spacial score (nSPS) is 10.8. The lowest BCUT2D eigenvalue weighted by molar-refractivity contribution is 0.327. The number of rotatable bonds is 5. The molecule has 2 nitrogen and oxygen atoms in total. The standard InChI is InChI=1S/C13H20N2S/c1-4-7-15(3)9-12-6-5-11(13(14)16)8-10(12)2/h5-6,8H,4,7,9H2,1-3H3,(H2,14,16). The highest BCUT2D eigenvalue weighted by Crippen LogP contribution is 2.13. The molecule has 0 atom stereocenters. The van der Waals surface area contributed by atoms with Crippen molar-refractivity contribution in [1.82, 2.24) is 4.90 Å². The van der Waals surface area contributed by atoms with Gasteiger partial charge in [-0.1, -0.05) is 31.3 Å². The molecule has 16 heavy (non-hydrogen) atoms. The summed E-state index contributed by atoms with van der Waals surface area (Å²) in [5.41, 5.74) is 9.16. The Morgan fingerprint density at radius 2 is 2.12 bits per heavy atom. The molecule has 0 spiro atoms. The van der Waals surface area contributed by atoms with E-state index in [0.29, 0.717) is 4.99 Å². The van der Waals surface area contributed by atoms with E-state index in [1.807, 2.05) is 6.07 Å². The van der Waals surface area contributed by atoms with Gasteiger partial charge in [0, 0.05) is 12.1 Å². The number of nitrogens with zero attached hydrogens (tertiary/aromatic N) is 1. The summed E-state index contributed by atoms with van der Waals surface area (Å²) < 4.78 is 0. The van der Waals surface area contributed by atoms with Crippen LogP contribution in [0.25, 0.3) is 0 Å². The molecule has 0 radical (unpaired) electrons. The van der Waals surface area contributed by atoms with Crippen molar-refractivity contribution in [3.63, 3.8) is 0 Å². The van der Waals surface area contributed by atoms with E-state index >= 15 is 0 Å². The summed E-state index contributed by atoms with van der Waals surface area (Å²) in [6.07, 6.45) is 1.18. The third kappa shape index (κ3) is 3.58. The molecule has 0 saturated carbocycles. The SMILES string of the molecule is CCCN(C)Cc1ccc(C(N)=S)cc1C. The van der Waals surface area contributed by atoms with Gasteiger partial charge in [-0.25, -0.2) is 0 Å². The van der Waals surface area contributed by atoms with E-state index in [1.54, 1.807) is 0 Å². The molecule has 0 aliphatic rings. The van der Waals surface area contributed by atoms with Crippen LogP contribution in [0.1, 0.15) is 30.0 Å². The largest absolute Gasteiger partial charge is 0.389 e. The lowest BCUT2D eigenvalue weighted by atomic mass is 10.0. The first-order chi connectivity index (χ1) is 7.54. The summed E-state index contributed by atoms with van der Waals surface area (Å²) >= 11 is 4.96. The molecule has 0 aliphatic heterocycles. The maximum absolute atomic E-state index is 5.60. The van der Waals surface area contributed by atoms with Gasteiger partial charge in [0.15, 0.2) is 0 Å². The first-order valence-corrected chi connectivity index (χ1v) is 6.03. The third-order valence-electron chi connectivity index (χ3n) is 2.67. The maximum atomic E-state index is 5.60. The Balaban J connectivity index is 2.79. The zero-order chi connectivity index (χ0) is 12.1. The van der Waals surface area contributed by atoms with Crippen LogP contribution < -0.4 is 5.73 Å². The van der Waals surface area contributed by atoms with Crippen LogP contribution in [0.5, 0.6) is 0 Å². The van der Waals surface area contributed by atoms with Crippen molar-refractivity contribution in [1.29, 1.82) is 0 Å². The molecule has 0 bridgehead atoms. The van der Waals surface area contributed by atoms with Crippen molar-refractivity contribution in [2.75, 3.05) is 13.6 Å². The van der Waals surface area contributed by atoms with Gasteiger partial charge in [-0.05, 0) is 44.1 Å². The van der Waals surface area contributed by atoms with Crippen LogP contribution in [-0.2, 0) is 6.54 Å².